The molecule has 3 aliphatic heterocycles. The third-order valence-corrected chi connectivity index (χ3v) is 7.73. The van der Waals surface area contributed by atoms with Crippen LogP contribution in [0.15, 0.2) is 24.3 Å². The van der Waals surface area contributed by atoms with Crippen molar-refractivity contribution in [1.82, 2.24) is 20.0 Å². The Kier molecular flexibility index (Phi) is 8.20. The van der Waals surface area contributed by atoms with Crippen molar-refractivity contribution in [2.24, 2.45) is 5.92 Å². The Morgan fingerprint density at radius 3 is 2.47 bits per heavy atom. The van der Waals surface area contributed by atoms with E-state index in [1.165, 1.54) is 24.0 Å². The monoisotopic (exact) mass is 440 g/mol. The highest BCUT2D eigenvalue weighted by Crippen LogP contribution is 2.25. The van der Waals surface area contributed by atoms with Crippen molar-refractivity contribution in [3.63, 3.8) is 0 Å². The highest BCUT2D eigenvalue weighted by atomic mass is 16.2. The molecule has 0 aromatic heterocycles. The van der Waals surface area contributed by atoms with Crippen LogP contribution >= 0.6 is 0 Å². The summed E-state index contributed by atoms with van der Waals surface area (Å²) in [6.07, 6.45) is 7.13. The SMILES string of the molecule is Cc1ccccc1CN1CCC(N2CCC(C(=O)NCCN3CCCCC3=O)CC2)CC1. The molecule has 176 valence electrons. The Morgan fingerprint density at radius 1 is 1.00 bits per heavy atom. The molecule has 0 saturated carbocycles. The molecule has 3 heterocycles. The normalized spacial score (nSPS) is 22.3. The molecule has 2 amide bonds. The van der Waals surface area contributed by atoms with Gasteiger partial charge in [0.05, 0.1) is 0 Å². The number of nitrogens with zero attached hydrogens (tertiary/aromatic N) is 3. The lowest BCUT2D eigenvalue weighted by atomic mass is 9.92. The zero-order valence-electron chi connectivity index (χ0n) is 19.7. The molecule has 4 rings (SSSR count). The van der Waals surface area contributed by atoms with Gasteiger partial charge in [0.2, 0.25) is 11.8 Å². The van der Waals surface area contributed by atoms with Crippen LogP contribution in [0.3, 0.4) is 0 Å². The van der Waals surface area contributed by atoms with Gasteiger partial charge in [-0.1, -0.05) is 24.3 Å². The first-order valence-corrected chi connectivity index (χ1v) is 12.7. The van der Waals surface area contributed by atoms with Crippen LogP contribution in [-0.4, -0.2) is 78.4 Å². The van der Waals surface area contributed by atoms with Crippen LogP contribution in [-0.2, 0) is 16.1 Å². The maximum atomic E-state index is 12.6. The molecule has 3 aliphatic rings. The molecule has 1 aromatic rings. The van der Waals surface area contributed by atoms with E-state index in [1.54, 1.807) is 0 Å². The molecule has 6 heteroatoms. The predicted octanol–water partition coefficient (Wildman–Crippen LogP) is 2.80. The molecule has 0 bridgehead atoms. The zero-order chi connectivity index (χ0) is 22.3. The number of nitrogens with one attached hydrogen (secondary N) is 1. The summed E-state index contributed by atoms with van der Waals surface area (Å²) < 4.78 is 0. The highest BCUT2D eigenvalue weighted by molar-refractivity contribution is 5.79. The first-order valence-electron chi connectivity index (χ1n) is 12.7. The van der Waals surface area contributed by atoms with Crippen molar-refractivity contribution >= 4 is 11.8 Å². The lowest BCUT2D eigenvalue weighted by Crippen LogP contribution is -2.49. The second kappa shape index (κ2) is 11.3. The molecule has 0 aliphatic carbocycles. The molecule has 1 aromatic carbocycles. The van der Waals surface area contributed by atoms with Crippen LogP contribution < -0.4 is 5.32 Å². The van der Waals surface area contributed by atoms with Gasteiger partial charge in [0.1, 0.15) is 0 Å². The van der Waals surface area contributed by atoms with Crippen LogP contribution in [0.1, 0.15) is 56.1 Å². The first kappa shape index (κ1) is 23.2. The number of piperidine rings is 3. The quantitative estimate of drug-likeness (QED) is 0.708. The molecule has 1 N–H and O–H groups in total. The Balaban J connectivity index is 1.13. The lowest BCUT2D eigenvalue weighted by molar-refractivity contribution is -0.134. The van der Waals surface area contributed by atoms with Crippen molar-refractivity contribution in [3.8, 4) is 0 Å². The number of carbonyl (C=O) groups is 2. The molecule has 0 radical (unpaired) electrons. The zero-order valence-corrected chi connectivity index (χ0v) is 19.7. The molecular weight excluding hydrogens is 400 g/mol. The molecular formula is C26H40N4O2. The highest BCUT2D eigenvalue weighted by Gasteiger charge is 2.30. The van der Waals surface area contributed by atoms with Crippen molar-refractivity contribution in [2.75, 3.05) is 45.8 Å². The number of amides is 2. The summed E-state index contributed by atoms with van der Waals surface area (Å²) in [4.78, 5) is 31.6. The van der Waals surface area contributed by atoms with E-state index in [-0.39, 0.29) is 17.7 Å². The summed E-state index contributed by atoms with van der Waals surface area (Å²) in [6, 6.07) is 9.38. The number of carbonyl (C=O) groups excluding carboxylic acids is 2. The minimum atomic E-state index is 0.129. The fourth-order valence-corrected chi connectivity index (χ4v) is 5.55. The van der Waals surface area contributed by atoms with E-state index in [9.17, 15) is 9.59 Å². The fourth-order valence-electron chi connectivity index (χ4n) is 5.55. The standard InChI is InChI=1S/C26H40N4O2/c1-21-6-2-3-7-23(21)20-28-15-11-24(12-16-28)29-17-9-22(10-18-29)26(32)27-13-19-30-14-5-4-8-25(30)31/h2-3,6-7,22,24H,4-5,8-20H2,1H3,(H,27,32). The van der Waals surface area contributed by atoms with Gasteiger partial charge < -0.3 is 15.1 Å². The van der Waals surface area contributed by atoms with Gasteiger partial charge in [0, 0.05) is 44.6 Å². The topological polar surface area (TPSA) is 55.9 Å². The van der Waals surface area contributed by atoms with Gasteiger partial charge in [-0.15, -0.1) is 0 Å². The van der Waals surface area contributed by atoms with E-state index < -0.39 is 0 Å². The molecule has 0 atom stereocenters. The van der Waals surface area contributed by atoms with Gasteiger partial charge in [0.15, 0.2) is 0 Å². The van der Waals surface area contributed by atoms with Crippen molar-refractivity contribution < 1.29 is 9.59 Å². The average molecular weight is 441 g/mol. The Hall–Kier alpha value is -1.92. The van der Waals surface area contributed by atoms with Crippen molar-refractivity contribution in [1.29, 1.82) is 0 Å². The van der Waals surface area contributed by atoms with Gasteiger partial charge in [-0.05, 0) is 82.8 Å². The van der Waals surface area contributed by atoms with Gasteiger partial charge in [-0.25, -0.2) is 0 Å². The molecule has 3 fully saturated rings. The Morgan fingerprint density at radius 2 is 1.75 bits per heavy atom. The van der Waals surface area contributed by atoms with Gasteiger partial charge in [0.25, 0.3) is 0 Å². The maximum Gasteiger partial charge on any atom is 0.223 e. The first-order chi connectivity index (χ1) is 15.6. The summed E-state index contributed by atoms with van der Waals surface area (Å²) in [5.74, 6) is 0.551. The number of hydrogen-bond donors (Lipinski definition) is 1. The number of rotatable bonds is 7. The Bertz CT molecular complexity index is 767. The minimum absolute atomic E-state index is 0.129. The Labute approximate surface area is 193 Å². The van der Waals surface area contributed by atoms with Crippen molar-refractivity contribution in [3.05, 3.63) is 35.4 Å². The van der Waals surface area contributed by atoms with E-state index in [4.69, 9.17) is 0 Å². The average Bonchev–Trinajstić information content (AvgIpc) is 2.82. The van der Waals surface area contributed by atoms with Gasteiger partial charge in [-0.3, -0.25) is 14.5 Å². The van der Waals surface area contributed by atoms with Crippen LogP contribution in [0, 0.1) is 12.8 Å². The van der Waals surface area contributed by atoms with Gasteiger partial charge >= 0.3 is 0 Å². The summed E-state index contributed by atoms with van der Waals surface area (Å²) in [6.45, 7) is 9.74. The van der Waals surface area contributed by atoms with Crippen LogP contribution in [0.4, 0.5) is 0 Å². The fraction of sp³-hybridized carbons (Fsp3) is 0.692. The van der Waals surface area contributed by atoms with E-state index >= 15 is 0 Å². The van der Waals surface area contributed by atoms with E-state index in [1.807, 2.05) is 4.90 Å². The number of aryl methyl sites for hydroxylation is 1. The summed E-state index contributed by atoms with van der Waals surface area (Å²) in [5.41, 5.74) is 2.83. The van der Waals surface area contributed by atoms with Crippen LogP contribution in [0.5, 0.6) is 0 Å². The van der Waals surface area contributed by atoms with Crippen LogP contribution in [0.2, 0.25) is 0 Å². The molecule has 0 spiro atoms. The second-order valence-electron chi connectivity index (χ2n) is 9.87. The third-order valence-electron chi connectivity index (χ3n) is 7.73. The second-order valence-corrected chi connectivity index (χ2v) is 9.87. The number of hydrogen-bond acceptors (Lipinski definition) is 4. The summed E-state index contributed by atoms with van der Waals surface area (Å²) in [5, 5.41) is 3.09. The minimum Gasteiger partial charge on any atom is -0.354 e. The lowest BCUT2D eigenvalue weighted by Gasteiger charge is -2.41. The molecule has 6 nitrogen and oxygen atoms in total. The maximum absolute atomic E-state index is 12.6. The van der Waals surface area contributed by atoms with E-state index in [0.29, 0.717) is 25.6 Å². The molecule has 3 saturated heterocycles. The third kappa shape index (κ3) is 6.10. The number of likely N-dealkylation sites (tertiary alicyclic amines) is 3. The van der Waals surface area contributed by atoms with Crippen LogP contribution in [0.25, 0.3) is 0 Å². The summed E-state index contributed by atoms with van der Waals surface area (Å²) in [7, 11) is 0. The smallest absolute Gasteiger partial charge is 0.223 e. The molecule has 32 heavy (non-hydrogen) atoms. The van der Waals surface area contributed by atoms with E-state index in [2.05, 4.69) is 46.3 Å². The predicted molar refractivity (Wildman–Crippen MR) is 127 cm³/mol. The van der Waals surface area contributed by atoms with Gasteiger partial charge in [-0.2, -0.15) is 0 Å². The summed E-state index contributed by atoms with van der Waals surface area (Å²) >= 11 is 0. The molecule has 0 unspecified atom stereocenters. The van der Waals surface area contributed by atoms with Crippen molar-refractivity contribution in [2.45, 2.75) is 64.5 Å². The number of benzene rings is 1. The van der Waals surface area contributed by atoms with E-state index in [0.717, 1.165) is 65.0 Å². The largest absolute Gasteiger partial charge is 0.354 e.